The summed E-state index contributed by atoms with van der Waals surface area (Å²) in [6, 6.07) is 0. The molecule has 2 aliphatic carbocycles. The quantitative estimate of drug-likeness (QED) is 0.683. The predicted molar refractivity (Wildman–Crippen MR) is 67.1 cm³/mol. The average Bonchev–Trinajstić information content (AvgIpc) is 2.45. The zero-order chi connectivity index (χ0) is 14.7. The van der Waals surface area contributed by atoms with Gasteiger partial charge in [0.25, 0.3) is 0 Å². The fraction of sp³-hybridized carbons (Fsp3) is 1.00. The van der Waals surface area contributed by atoms with Crippen molar-refractivity contribution >= 4 is 15.6 Å². The second kappa shape index (κ2) is 4.38. The molecule has 7 nitrogen and oxygen atoms in total. The van der Waals surface area contributed by atoms with Crippen molar-refractivity contribution in [3.05, 3.63) is 0 Å². The zero-order valence-electron chi connectivity index (χ0n) is 11.1. The lowest BCUT2D eigenvalue weighted by Gasteiger charge is -2.38. The Kier molecular flexibility index (Phi) is 3.60. The average molecular weight is 314 g/mol. The van der Waals surface area contributed by atoms with Gasteiger partial charge in [0, 0.05) is 0 Å². The van der Waals surface area contributed by atoms with Crippen LogP contribution in [0.2, 0.25) is 0 Å². The molecular weight excluding hydrogens is 294 g/mol. The maximum atomic E-state index is 11.6. The van der Waals surface area contributed by atoms with Crippen LogP contribution in [-0.2, 0) is 18.0 Å². The van der Waals surface area contributed by atoms with Crippen molar-refractivity contribution in [1.29, 1.82) is 0 Å². The highest BCUT2D eigenvalue weighted by Crippen LogP contribution is 2.69. The van der Waals surface area contributed by atoms with Crippen LogP contribution in [0.15, 0.2) is 0 Å². The van der Waals surface area contributed by atoms with E-state index >= 15 is 0 Å². The normalized spacial score (nSPS) is 40.3. The molecule has 0 spiro atoms. The van der Waals surface area contributed by atoms with Gasteiger partial charge in [0.05, 0.1) is 6.10 Å². The van der Waals surface area contributed by atoms with Crippen LogP contribution in [0.3, 0.4) is 0 Å². The molecule has 0 radical (unpaired) electrons. The lowest BCUT2D eigenvalue weighted by Crippen LogP contribution is -2.36. The Balaban J connectivity index is 2.14. The summed E-state index contributed by atoms with van der Waals surface area (Å²) in [4.78, 5) is 26.6. The fourth-order valence-electron chi connectivity index (χ4n) is 3.60. The van der Waals surface area contributed by atoms with E-state index < -0.39 is 21.7 Å². The van der Waals surface area contributed by atoms with Crippen LogP contribution < -0.4 is 0 Å². The number of fused-ring (bicyclic) bond motifs is 2. The minimum atomic E-state index is -5.05. The first-order valence-corrected chi connectivity index (χ1v) is 9.18. The molecule has 2 aliphatic rings. The van der Waals surface area contributed by atoms with Crippen LogP contribution >= 0.6 is 15.6 Å². The zero-order valence-corrected chi connectivity index (χ0v) is 12.9. The van der Waals surface area contributed by atoms with Crippen molar-refractivity contribution in [3.8, 4) is 0 Å². The summed E-state index contributed by atoms with van der Waals surface area (Å²) < 4.78 is 31.2. The minimum absolute atomic E-state index is 0.0280. The van der Waals surface area contributed by atoms with Gasteiger partial charge in [-0.15, -0.1) is 0 Å². The molecule has 0 heterocycles. The smallest absolute Gasteiger partial charge is 0.302 e. The number of phosphoric acid groups is 2. The van der Waals surface area contributed by atoms with Crippen molar-refractivity contribution in [1.82, 2.24) is 0 Å². The standard InChI is InChI=1S/C10H20O7P2/c1-9(2)7-4-5-10(9,3)8(6-7)16-19(14,15)17-18(11,12)13/h7-8H,4-6H2,1-3H3,(H,14,15)(H2,11,12,13). The maximum Gasteiger partial charge on any atom is 0.481 e. The van der Waals surface area contributed by atoms with Crippen molar-refractivity contribution in [2.45, 2.75) is 46.1 Å². The second-order valence-electron chi connectivity index (χ2n) is 6.25. The van der Waals surface area contributed by atoms with Gasteiger partial charge in [0.1, 0.15) is 0 Å². The Labute approximate surface area is 112 Å². The minimum Gasteiger partial charge on any atom is -0.302 e. The molecule has 0 aromatic heterocycles. The first-order valence-electron chi connectivity index (χ1n) is 6.15. The van der Waals surface area contributed by atoms with Crippen molar-refractivity contribution in [2.24, 2.45) is 16.7 Å². The summed E-state index contributed by atoms with van der Waals surface area (Å²) in [5.74, 6) is 0.387. The summed E-state index contributed by atoms with van der Waals surface area (Å²) in [5.41, 5.74) is -0.311. The molecule has 2 rings (SSSR count). The van der Waals surface area contributed by atoms with E-state index in [1.807, 2.05) is 6.92 Å². The van der Waals surface area contributed by atoms with E-state index in [4.69, 9.17) is 14.3 Å². The Morgan fingerprint density at radius 1 is 1.16 bits per heavy atom. The van der Waals surface area contributed by atoms with Crippen LogP contribution in [0.25, 0.3) is 0 Å². The summed E-state index contributed by atoms with van der Waals surface area (Å²) in [7, 11) is -9.81. The molecule has 2 fully saturated rings. The predicted octanol–water partition coefficient (Wildman–Crippen LogP) is 2.43. The van der Waals surface area contributed by atoms with E-state index in [-0.39, 0.29) is 10.8 Å². The molecule has 0 amide bonds. The Morgan fingerprint density at radius 2 is 1.74 bits per heavy atom. The van der Waals surface area contributed by atoms with Gasteiger partial charge in [0.15, 0.2) is 0 Å². The van der Waals surface area contributed by atoms with Crippen LogP contribution in [0, 0.1) is 16.7 Å². The van der Waals surface area contributed by atoms with Crippen LogP contribution in [0.5, 0.6) is 0 Å². The lowest BCUT2D eigenvalue weighted by atomic mass is 9.70. The molecule has 0 aromatic rings. The SMILES string of the molecule is CC1(C)C2CCC1(C)C(OP(=O)(O)OP(=O)(O)O)C2. The highest BCUT2D eigenvalue weighted by Gasteiger charge is 2.63. The Hall–Kier alpha value is 0.260. The largest absolute Gasteiger partial charge is 0.481 e. The van der Waals surface area contributed by atoms with E-state index in [0.717, 1.165) is 12.8 Å². The van der Waals surface area contributed by atoms with E-state index in [9.17, 15) is 14.0 Å². The molecule has 112 valence electrons. The van der Waals surface area contributed by atoms with Gasteiger partial charge in [0.2, 0.25) is 0 Å². The summed E-state index contributed by atoms with van der Waals surface area (Å²) in [6.45, 7) is 6.18. The van der Waals surface area contributed by atoms with Crippen LogP contribution in [-0.4, -0.2) is 20.8 Å². The molecule has 2 saturated carbocycles. The number of hydrogen-bond acceptors (Lipinski definition) is 4. The molecule has 9 heteroatoms. The fourth-order valence-corrected chi connectivity index (χ4v) is 5.47. The van der Waals surface area contributed by atoms with Crippen molar-refractivity contribution < 1.29 is 32.6 Å². The highest BCUT2D eigenvalue weighted by atomic mass is 31.3. The third-order valence-electron chi connectivity index (χ3n) is 5.18. The van der Waals surface area contributed by atoms with Gasteiger partial charge in [-0.05, 0) is 36.0 Å². The molecule has 0 aliphatic heterocycles. The maximum absolute atomic E-state index is 11.6. The summed E-state index contributed by atoms with van der Waals surface area (Å²) >= 11 is 0. The van der Waals surface area contributed by atoms with Gasteiger partial charge in [-0.1, -0.05) is 20.8 Å². The summed E-state index contributed by atoms with van der Waals surface area (Å²) in [5, 5.41) is 0. The molecule has 2 bridgehead atoms. The Bertz CT molecular complexity index is 470. The van der Waals surface area contributed by atoms with Crippen molar-refractivity contribution in [2.75, 3.05) is 0 Å². The summed E-state index contributed by atoms with van der Waals surface area (Å²) in [6.07, 6.45) is 1.99. The third-order valence-corrected chi connectivity index (χ3v) is 7.38. The monoisotopic (exact) mass is 314 g/mol. The molecule has 4 atom stereocenters. The number of rotatable bonds is 4. The van der Waals surface area contributed by atoms with E-state index in [1.165, 1.54) is 0 Å². The van der Waals surface area contributed by atoms with Crippen LogP contribution in [0.1, 0.15) is 40.0 Å². The Morgan fingerprint density at radius 3 is 2.11 bits per heavy atom. The molecule has 0 saturated heterocycles. The molecule has 0 aromatic carbocycles. The van der Waals surface area contributed by atoms with Crippen LogP contribution in [0.4, 0.5) is 0 Å². The van der Waals surface area contributed by atoms with Gasteiger partial charge in [-0.3, -0.25) is 4.52 Å². The first kappa shape index (κ1) is 15.6. The highest BCUT2D eigenvalue weighted by molar-refractivity contribution is 7.60. The topological polar surface area (TPSA) is 113 Å². The van der Waals surface area contributed by atoms with E-state index in [2.05, 4.69) is 18.2 Å². The van der Waals surface area contributed by atoms with Gasteiger partial charge < -0.3 is 14.7 Å². The molecule has 3 N–H and O–H groups in total. The second-order valence-corrected chi connectivity index (χ2v) is 9.03. The first-order chi connectivity index (χ1) is 8.37. The number of hydrogen-bond donors (Lipinski definition) is 3. The molecular formula is C10H20O7P2. The molecule has 4 unspecified atom stereocenters. The third kappa shape index (κ3) is 2.70. The van der Waals surface area contributed by atoms with E-state index in [0.29, 0.717) is 12.3 Å². The van der Waals surface area contributed by atoms with Gasteiger partial charge >= 0.3 is 15.6 Å². The van der Waals surface area contributed by atoms with Gasteiger partial charge in [-0.2, -0.15) is 4.31 Å². The number of phosphoric ester groups is 1. The molecule has 19 heavy (non-hydrogen) atoms. The van der Waals surface area contributed by atoms with Crippen molar-refractivity contribution in [3.63, 3.8) is 0 Å². The van der Waals surface area contributed by atoms with E-state index in [1.54, 1.807) is 0 Å². The van der Waals surface area contributed by atoms with Gasteiger partial charge in [-0.25, -0.2) is 9.13 Å². The lowest BCUT2D eigenvalue weighted by molar-refractivity contribution is 0.0107.